The predicted molar refractivity (Wildman–Crippen MR) is 146 cm³/mol. The van der Waals surface area contributed by atoms with Gasteiger partial charge in [-0.1, -0.05) is 19.1 Å². The van der Waals surface area contributed by atoms with Gasteiger partial charge in [0.25, 0.3) is 0 Å². The Morgan fingerprint density at radius 2 is 1.91 bits per heavy atom. The summed E-state index contributed by atoms with van der Waals surface area (Å²) >= 11 is 0. The standard InChI is InChI=1S/C30H43N5/c1-2-13-34-16-12-28(33-24-10-8-21-17-22(21)9-11-24)27(20-34)30(31)25-7-5-6-23-18-29(32-19-26(23)25)35-14-3-4-15-35/h5-6,18-19,21-22,24-25H,2-4,7-17,20,31H2,1H3. The van der Waals surface area contributed by atoms with E-state index in [0.717, 1.165) is 68.9 Å². The summed E-state index contributed by atoms with van der Waals surface area (Å²) in [6.45, 7) is 7.73. The van der Waals surface area contributed by atoms with Gasteiger partial charge in [-0.05, 0) is 93.4 Å². The number of pyridine rings is 1. The summed E-state index contributed by atoms with van der Waals surface area (Å²) in [4.78, 5) is 15.3. The van der Waals surface area contributed by atoms with Crippen molar-refractivity contribution >= 4 is 17.6 Å². The van der Waals surface area contributed by atoms with E-state index in [-0.39, 0.29) is 5.92 Å². The molecular formula is C30H43N5. The van der Waals surface area contributed by atoms with Crippen molar-refractivity contribution in [2.45, 2.75) is 83.1 Å². The fourth-order valence-corrected chi connectivity index (χ4v) is 7.03. The van der Waals surface area contributed by atoms with Gasteiger partial charge in [0.2, 0.25) is 0 Å². The van der Waals surface area contributed by atoms with E-state index >= 15 is 0 Å². The topological polar surface area (TPSA) is 57.8 Å². The molecule has 3 unspecified atom stereocenters. The zero-order chi connectivity index (χ0) is 23.8. The van der Waals surface area contributed by atoms with Gasteiger partial charge in [-0.2, -0.15) is 0 Å². The summed E-state index contributed by atoms with van der Waals surface area (Å²) in [7, 11) is 0. The molecule has 1 aromatic heterocycles. The maximum absolute atomic E-state index is 7.11. The zero-order valence-corrected chi connectivity index (χ0v) is 21.6. The van der Waals surface area contributed by atoms with Crippen molar-refractivity contribution in [3.63, 3.8) is 0 Å². The lowest BCUT2D eigenvalue weighted by Gasteiger charge is -2.33. The minimum absolute atomic E-state index is 0.207. The first-order valence-electron chi connectivity index (χ1n) is 14.4. The van der Waals surface area contributed by atoms with Crippen LogP contribution in [0.4, 0.5) is 5.82 Å². The Morgan fingerprint density at radius 3 is 2.69 bits per heavy atom. The number of anilines is 1. The molecule has 35 heavy (non-hydrogen) atoms. The van der Waals surface area contributed by atoms with Crippen molar-refractivity contribution in [2.24, 2.45) is 22.6 Å². The molecule has 2 aliphatic heterocycles. The van der Waals surface area contributed by atoms with Crippen LogP contribution in [0.2, 0.25) is 0 Å². The molecule has 2 saturated carbocycles. The van der Waals surface area contributed by atoms with Crippen LogP contribution < -0.4 is 10.6 Å². The van der Waals surface area contributed by atoms with Gasteiger partial charge in [0.15, 0.2) is 0 Å². The Morgan fingerprint density at radius 1 is 1.11 bits per heavy atom. The van der Waals surface area contributed by atoms with Gasteiger partial charge in [-0.3, -0.25) is 9.89 Å². The molecule has 2 saturated heterocycles. The second-order valence-electron chi connectivity index (χ2n) is 11.7. The van der Waals surface area contributed by atoms with Crippen LogP contribution in [0.5, 0.6) is 0 Å². The molecule has 4 fully saturated rings. The van der Waals surface area contributed by atoms with Crippen molar-refractivity contribution in [3.05, 3.63) is 40.7 Å². The maximum Gasteiger partial charge on any atom is 0.129 e. The molecular weight excluding hydrogens is 430 g/mol. The molecule has 5 nitrogen and oxygen atoms in total. The summed E-state index contributed by atoms with van der Waals surface area (Å²) in [5, 5.41) is 0. The highest BCUT2D eigenvalue weighted by Gasteiger charge is 2.39. The molecule has 6 rings (SSSR count). The van der Waals surface area contributed by atoms with Crippen molar-refractivity contribution < 1.29 is 0 Å². The average molecular weight is 474 g/mol. The van der Waals surface area contributed by atoms with Gasteiger partial charge < -0.3 is 10.6 Å². The van der Waals surface area contributed by atoms with E-state index in [2.05, 4.69) is 41.1 Å². The van der Waals surface area contributed by atoms with Crippen LogP contribution in [-0.4, -0.2) is 54.4 Å². The SMILES string of the molecule is CCCN1CCC(=NC2CCC3CC3CC2)C(=C(N)C2CC=Cc3cc(N4CCCC4)ncc32)C1. The van der Waals surface area contributed by atoms with E-state index in [4.69, 9.17) is 15.7 Å². The lowest BCUT2D eigenvalue weighted by Crippen LogP contribution is -2.39. The fourth-order valence-electron chi connectivity index (χ4n) is 7.03. The molecule has 3 aliphatic carbocycles. The number of nitrogens with zero attached hydrogens (tertiary/aromatic N) is 4. The summed E-state index contributed by atoms with van der Waals surface area (Å²) in [5.41, 5.74) is 13.4. The highest BCUT2D eigenvalue weighted by Crippen LogP contribution is 2.48. The molecule has 0 amide bonds. The Labute approximate surface area is 211 Å². The molecule has 5 aliphatic rings. The van der Waals surface area contributed by atoms with E-state index < -0.39 is 0 Å². The molecule has 3 heterocycles. The predicted octanol–water partition coefficient (Wildman–Crippen LogP) is 5.53. The van der Waals surface area contributed by atoms with Crippen LogP contribution in [0, 0.1) is 11.8 Å². The number of piperidine rings is 1. The molecule has 0 spiro atoms. The molecule has 0 bridgehead atoms. The largest absolute Gasteiger partial charge is 0.401 e. The second kappa shape index (κ2) is 10.1. The molecule has 1 aromatic rings. The van der Waals surface area contributed by atoms with Crippen LogP contribution in [0.15, 0.2) is 34.6 Å². The second-order valence-corrected chi connectivity index (χ2v) is 11.7. The zero-order valence-electron chi connectivity index (χ0n) is 21.6. The molecule has 2 N–H and O–H groups in total. The third-order valence-corrected chi connectivity index (χ3v) is 9.24. The van der Waals surface area contributed by atoms with E-state index in [1.54, 1.807) is 0 Å². The first-order valence-corrected chi connectivity index (χ1v) is 14.4. The minimum Gasteiger partial charge on any atom is -0.401 e. The number of fused-ring (bicyclic) bond motifs is 2. The van der Waals surface area contributed by atoms with Gasteiger partial charge in [0, 0.05) is 61.7 Å². The Bertz CT molecular complexity index is 1010. The molecule has 5 heteroatoms. The molecule has 188 valence electrons. The number of hydrogen-bond acceptors (Lipinski definition) is 5. The third kappa shape index (κ3) is 4.94. The summed E-state index contributed by atoms with van der Waals surface area (Å²) in [6.07, 6.45) is 19.2. The number of rotatable bonds is 5. The van der Waals surface area contributed by atoms with E-state index in [1.165, 1.54) is 73.8 Å². The highest BCUT2D eigenvalue weighted by atomic mass is 15.2. The van der Waals surface area contributed by atoms with Gasteiger partial charge in [-0.15, -0.1) is 0 Å². The van der Waals surface area contributed by atoms with Crippen LogP contribution in [0.3, 0.4) is 0 Å². The average Bonchev–Trinajstić information content (AvgIpc) is 3.47. The van der Waals surface area contributed by atoms with Crippen LogP contribution >= 0.6 is 0 Å². The van der Waals surface area contributed by atoms with Gasteiger partial charge in [0.05, 0.1) is 6.04 Å². The summed E-state index contributed by atoms with van der Waals surface area (Å²) in [5.74, 6) is 3.35. The van der Waals surface area contributed by atoms with Crippen molar-refractivity contribution in [2.75, 3.05) is 37.6 Å². The van der Waals surface area contributed by atoms with Gasteiger partial charge >= 0.3 is 0 Å². The Kier molecular flexibility index (Phi) is 6.70. The molecule has 3 atom stereocenters. The third-order valence-electron chi connectivity index (χ3n) is 9.24. The smallest absolute Gasteiger partial charge is 0.129 e. The van der Waals surface area contributed by atoms with E-state index in [9.17, 15) is 0 Å². The normalized spacial score (nSPS) is 33.4. The number of likely N-dealkylation sites (tertiary alicyclic amines) is 1. The van der Waals surface area contributed by atoms with Crippen molar-refractivity contribution in [1.82, 2.24) is 9.88 Å². The quantitative estimate of drug-likeness (QED) is 0.611. The van der Waals surface area contributed by atoms with Gasteiger partial charge in [0.1, 0.15) is 5.82 Å². The van der Waals surface area contributed by atoms with Crippen molar-refractivity contribution in [3.8, 4) is 0 Å². The first kappa shape index (κ1) is 23.3. The van der Waals surface area contributed by atoms with E-state index in [1.807, 2.05) is 0 Å². The van der Waals surface area contributed by atoms with Crippen LogP contribution in [0.25, 0.3) is 6.08 Å². The number of allylic oxidation sites excluding steroid dienone is 2. The highest BCUT2D eigenvalue weighted by molar-refractivity contribution is 6.02. The van der Waals surface area contributed by atoms with Gasteiger partial charge in [-0.25, -0.2) is 4.98 Å². The number of nitrogens with two attached hydrogens (primary N) is 1. The van der Waals surface area contributed by atoms with Crippen LogP contribution in [0.1, 0.15) is 88.2 Å². The van der Waals surface area contributed by atoms with E-state index in [0.29, 0.717) is 6.04 Å². The van der Waals surface area contributed by atoms with Crippen LogP contribution in [-0.2, 0) is 0 Å². The van der Waals surface area contributed by atoms with Crippen molar-refractivity contribution in [1.29, 1.82) is 0 Å². The monoisotopic (exact) mass is 473 g/mol. The Hall–Kier alpha value is -2.14. The molecule has 0 aromatic carbocycles. The summed E-state index contributed by atoms with van der Waals surface area (Å²) in [6, 6.07) is 2.79. The maximum atomic E-state index is 7.11. The lowest BCUT2D eigenvalue weighted by atomic mass is 9.83. The minimum atomic E-state index is 0.207. The summed E-state index contributed by atoms with van der Waals surface area (Å²) < 4.78 is 0. The number of aromatic nitrogens is 1. The fraction of sp³-hybridized carbons (Fsp3) is 0.667. The lowest BCUT2D eigenvalue weighted by molar-refractivity contribution is 0.296. The number of hydrogen-bond donors (Lipinski definition) is 1. The molecule has 0 radical (unpaired) electrons. The Balaban J connectivity index is 1.30. The number of aliphatic imine (C=N–C) groups is 1. The first-order chi connectivity index (χ1) is 17.2.